The van der Waals surface area contributed by atoms with Gasteiger partial charge in [-0.25, -0.2) is 0 Å². The third kappa shape index (κ3) is 4.22. The van der Waals surface area contributed by atoms with Crippen LogP contribution in [0.25, 0.3) is 75.1 Å². The average Bonchev–Trinajstić information content (AvgIpc) is 3.83. The summed E-state index contributed by atoms with van der Waals surface area (Å²) in [5.74, 6) is 0. The highest BCUT2D eigenvalue weighted by molar-refractivity contribution is 7.26. The molecule has 0 bridgehead atoms. The molecule has 52 heavy (non-hydrogen) atoms. The summed E-state index contributed by atoms with van der Waals surface area (Å²) in [6.45, 7) is 5.04. The van der Waals surface area contributed by atoms with E-state index in [9.17, 15) is 0 Å². The second kappa shape index (κ2) is 11.0. The van der Waals surface area contributed by atoms with Gasteiger partial charge in [0.05, 0.1) is 5.69 Å². The number of rotatable bonds is 4. The van der Waals surface area contributed by atoms with Crippen LogP contribution < -0.4 is 15.3 Å². The van der Waals surface area contributed by atoms with Crippen molar-refractivity contribution in [3.05, 3.63) is 164 Å². The summed E-state index contributed by atoms with van der Waals surface area (Å²) in [4.78, 5) is 2.40. The zero-order valence-electron chi connectivity index (χ0n) is 28.9. The molecule has 2 aromatic heterocycles. The summed E-state index contributed by atoms with van der Waals surface area (Å²) in [6.07, 6.45) is 0. The van der Waals surface area contributed by atoms with Crippen LogP contribution in [0.3, 0.4) is 0 Å². The molecular formula is C48H33NOSSi. The Morgan fingerprint density at radius 3 is 2.12 bits per heavy atom. The van der Waals surface area contributed by atoms with Gasteiger partial charge in [-0.05, 0) is 91.9 Å². The molecule has 0 unspecified atom stereocenters. The topological polar surface area (TPSA) is 16.4 Å². The second-order valence-electron chi connectivity index (χ2n) is 14.5. The molecule has 11 rings (SSSR count). The summed E-state index contributed by atoms with van der Waals surface area (Å²) in [7, 11) is -2.04. The van der Waals surface area contributed by atoms with Crippen molar-refractivity contribution in [2.75, 3.05) is 4.90 Å². The van der Waals surface area contributed by atoms with Gasteiger partial charge in [0.2, 0.25) is 0 Å². The van der Waals surface area contributed by atoms with Gasteiger partial charge >= 0.3 is 0 Å². The smallest absolute Gasteiger partial charge is 0.159 e. The van der Waals surface area contributed by atoms with Crippen molar-refractivity contribution >= 4 is 99.7 Å². The standard InChI is InChI=1S/C48H33NOSSi/c1-52(2)44-28-27-43-46(38-15-6-8-20-42(38)51-43)47(44)39-26-25-33(29-45(39)52)49(40-18-10-17-37-36-14-5-7-19-41(36)50-48(37)40)32-23-21-31(22-24-32)35-16-9-12-30-11-3-4-13-34(30)35/h3-29H,1-2H3. The minimum absolute atomic E-state index is 0.897. The normalized spacial score (nSPS) is 13.3. The fourth-order valence-electron chi connectivity index (χ4n) is 8.77. The highest BCUT2D eigenvalue weighted by Gasteiger charge is 2.39. The summed E-state index contributed by atoms with van der Waals surface area (Å²) in [6, 6.07) is 60.1. The molecule has 0 atom stereocenters. The zero-order valence-corrected chi connectivity index (χ0v) is 30.7. The number of furan rings is 1. The van der Waals surface area contributed by atoms with E-state index in [1.54, 1.807) is 0 Å². The minimum atomic E-state index is -2.04. The fraction of sp³-hybridized carbons (Fsp3) is 0.0417. The van der Waals surface area contributed by atoms with Gasteiger partial charge in [-0.2, -0.15) is 0 Å². The summed E-state index contributed by atoms with van der Waals surface area (Å²) >= 11 is 1.90. The SMILES string of the molecule is C[Si]1(C)c2cc(N(c3ccc(-c4cccc5ccccc45)cc3)c3cccc4c3oc3ccccc34)ccc2-c2c1ccc1sc3ccccc3c21. The largest absolute Gasteiger partial charge is 0.454 e. The number of hydrogen-bond donors (Lipinski definition) is 0. The maximum atomic E-state index is 6.68. The van der Waals surface area contributed by atoms with Crippen molar-refractivity contribution < 1.29 is 4.42 Å². The first-order chi connectivity index (χ1) is 25.5. The summed E-state index contributed by atoms with van der Waals surface area (Å²) < 4.78 is 9.40. The molecule has 0 saturated carbocycles. The average molecular weight is 700 g/mol. The lowest BCUT2D eigenvalue weighted by molar-refractivity contribution is 0.669. The van der Waals surface area contributed by atoms with Crippen LogP contribution in [0.1, 0.15) is 0 Å². The van der Waals surface area contributed by atoms with E-state index in [2.05, 4.69) is 176 Å². The second-order valence-corrected chi connectivity index (χ2v) is 19.9. The van der Waals surface area contributed by atoms with Gasteiger partial charge in [0.25, 0.3) is 0 Å². The monoisotopic (exact) mass is 699 g/mol. The highest BCUT2D eigenvalue weighted by atomic mass is 32.1. The molecule has 3 heterocycles. The van der Waals surface area contributed by atoms with E-state index in [1.807, 2.05) is 17.4 Å². The van der Waals surface area contributed by atoms with E-state index in [0.29, 0.717) is 0 Å². The predicted octanol–water partition coefficient (Wildman–Crippen LogP) is 13.0. The van der Waals surface area contributed by atoms with Crippen LogP contribution in [0.5, 0.6) is 0 Å². The molecule has 8 aromatic carbocycles. The van der Waals surface area contributed by atoms with E-state index in [1.165, 1.54) is 63.6 Å². The number of anilines is 3. The molecule has 0 saturated heterocycles. The van der Waals surface area contributed by atoms with Gasteiger partial charge in [-0.1, -0.05) is 128 Å². The van der Waals surface area contributed by atoms with E-state index in [-0.39, 0.29) is 0 Å². The molecule has 1 aliphatic rings. The Kier molecular flexibility index (Phi) is 6.31. The first kappa shape index (κ1) is 29.8. The molecule has 1 aliphatic heterocycles. The van der Waals surface area contributed by atoms with Crippen molar-refractivity contribution in [2.24, 2.45) is 0 Å². The molecular weight excluding hydrogens is 667 g/mol. The molecule has 0 N–H and O–H groups in total. The van der Waals surface area contributed by atoms with Crippen molar-refractivity contribution in [1.29, 1.82) is 0 Å². The zero-order chi connectivity index (χ0) is 34.6. The van der Waals surface area contributed by atoms with Gasteiger partial charge in [0.15, 0.2) is 5.58 Å². The highest BCUT2D eigenvalue weighted by Crippen LogP contribution is 2.46. The van der Waals surface area contributed by atoms with E-state index in [0.717, 1.165) is 39.0 Å². The van der Waals surface area contributed by atoms with Crippen molar-refractivity contribution in [3.8, 4) is 22.3 Å². The van der Waals surface area contributed by atoms with Gasteiger partial charge in [-0.15, -0.1) is 11.3 Å². The summed E-state index contributed by atoms with van der Waals surface area (Å²) in [5.41, 5.74) is 10.3. The quantitative estimate of drug-likeness (QED) is 0.170. The van der Waals surface area contributed by atoms with Crippen molar-refractivity contribution in [2.45, 2.75) is 13.1 Å². The fourth-order valence-corrected chi connectivity index (χ4v) is 13.0. The van der Waals surface area contributed by atoms with E-state index < -0.39 is 8.07 Å². The van der Waals surface area contributed by atoms with Crippen LogP contribution in [-0.2, 0) is 0 Å². The third-order valence-corrected chi connectivity index (χ3v) is 15.9. The Morgan fingerprint density at radius 2 is 1.23 bits per heavy atom. The van der Waals surface area contributed by atoms with Crippen LogP contribution in [0.2, 0.25) is 13.1 Å². The van der Waals surface area contributed by atoms with Gasteiger partial charge < -0.3 is 9.32 Å². The summed E-state index contributed by atoms with van der Waals surface area (Å²) in [5, 5.41) is 10.6. The van der Waals surface area contributed by atoms with Crippen LogP contribution in [0.4, 0.5) is 17.1 Å². The van der Waals surface area contributed by atoms with Crippen molar-refractivity contribution in [1.82, 2.24) is 0 Å². The van der Waals surface area contributed by atoms with Gasteiger partial charge in [-0.3, -0.25) is 0 Å². The van der Waals surface area contributed by atoms with Gasteiger partial charge in [0.1, 0.15) is 13.7 Å². The number of fused-ring (bicyclic) bond motifs is 11. The Bertz CT molecular complexity index is 3050. The Hall–Kier alpha value is -5.94. The van der Waals surface area contributed by atoms with Gasteiger partial charge in [0, 0.05) is 42.3 Å². The Labute approximate surface area is 306 Å². The maximum Gasteiger partial charge on any atom is 0.159 e. The Morgan fingerprint density at radius 1 is 0.519 bits per heavy atom. The molecule has 0 radical (unpaired) electrons. The lowest BCUT2D eigenvalue weighted by Crippen LogP contribution is -2.49. The number of thiophene rings is 1. The predicted molar refractivity (Wildman–Crippen MR) is 226 cm³/mol. The van der Waals surface area contributed by atoms with Crippen molar-refractivity contribution in [3.63, 3.8) is 0 Å². The number of para-hydroxylation sites is 2. The molecule has 0 fully saturated rings. The van der Waals surface area contributed by atoms with E-state index in [4.69, 9.17) is 4.42 Å². The first-order valence-corrected chi connectivity index (χ1v) is 21.7. The van der Waals surface area contributed by atoms with Crippen LogP contribution >= 0.6 is 11.3 Å². The van der Waals surface area contributed by atoms with E-state index >= 15 is 0 Å². The van der Waals surface area contributed by atoms with Crippen LogP contribution in [0, 0.1) is 0 Å². The minimum Gasteiger partial charge on any atom is -0.454 e. The molecule has 0 amide bonds. The molecule has 10 aromatic rings. The van der Waals surface area contributed by atoms with Crippen LogP contribution in [0.15, 0.2) is 168 Å². The maximum absolute atomic E-state index is 6.68. The third-order valence-electron chi connectivity index (χ3n) is 11.3. The molecule has 0 aliphatic carbocycles. The number of nitrogens with zero attached hydrogens (tertiary/aromatic N) is 1. The lowest BCUT2D eigenvalue weighted by Gasteiger charge is -2.28. The van der Waals surface area contributed by atoms with Crippen LogP contribution in [-0.4, -0.2) is 8.07 Å². The molecule has 0 spiro atoms. The molecule has 2 nitrogen and oxygen atoms in total. The molecule has 246 valence electrons. The first-order valence-electron chi connectivity index (χ1n) is 17.9. The lowest BCUT2D eigenvalue weighted by atomic mass is 9.97. The number of benzene rings is 8. The number of hydrogen-bond acceptors (Lipinski definition) is 3. The Balaban J connectivity index is 1.13. The molecule has 4 heteroatoms.